The molecule has 2 heterocycles. The minimum atomic E-state index is -0.182. The molecule has 0 saturated carbocycles. The molecule has 6 heteroatoms. The number of aryl methyl sites for hydroxylation is 1. The average molecular weight is 352 g/mol. The standard InChI is InChI=1S/C20H24N4O2/c1-13-17(19(25)22-10-9-16-11-21-12-23-16)18(26-24-13)14-5-7-15(8-6-14)20(2,3)4/h5-8,11-12H,9-10H2,1-4H3,(H,21,23)(H,22,25). The third-order valence-corrected chi connectivity index (χ3v) is 4.34. The van der Waals surface area contributed by atoms with E-state index in [-0.39, 0.29) is 11.3 Å². The minimum Gasteiger partial charge on any atom is -0.355 e. The van der Waals surface area contributed by atoms with Gasteiger partial charge >= 0.3 is 0 Å². The van der Waals surface area contributed by atoms with E-state index in [2.05, 4.69) is 53.3 Å². The van der Waals surface area contributed by atoms with Gasteiger partial charge in [-0.1, -0.05) is 50.2 Å². The van der Waals surface area contributed by atoms with Crippen LogP contribution in [-0.2, 0) is 11.8 Å². The minimum absolute atomic E-state index is 0.0722. The Morgan fingerprint density at radius 1 is 1.23 bits per heavy atom. The summed E-state index contributed by atoms with van der Waals surface area (Å²) >= 11 is 0. The van der Waals surface area contributed by atoms with Gasteiger partial charge in [0.05, 0.1) is 12.0 Å². The zero-order chi connectivity index (χ0) is 18.7. The lowest BCUT2D eigenvalue weighted by Gasteiger charge is -2.18. The fourth-order valence-corrected chi connectivity index (χ4v) is 2.78. The lowest BCUT2D eigenvalue weighted by atomic mass is 9.86. The van der Waals surface area contributed by atoms with Crippen LogP contribution in [0.3, 0.4) is 0 Å². The summed E-state index contributed by atoms with van der Waals surface area (Å²) in [7, 11) is 0. The van der Waals surface area contributed by atoms with E-state index in [1.807, 2.05) is 12.1 Å². The van der Waals surface area contributed by atoms with Gasteiger partial charge in [0.25, 0.3) is 5.91 Å². The highest BCUT2D eigenvalue weighted by Crippen LogP contribution is 2.29. The van der Waals surface area contributed by atoms with Gasteiger partial charge in [0.2, 0.25) is 0 Å². The van der Waals surface area contributed by atoms with Gasteiger partial charge in [0.15, 0.2) is 5.76 Å². The van der Waals surface area contributed by atoms with Crippen molar-refractivity contribution in [3.63, 3.8) is 0 Å². The van der Waals surface area contributed by atoms with Crippen LogP contribution in [0.5, 0.6) is 0 Å². The Hall–Kier alpha value is -2.89. The summed E-state index contributed by atoms with van der Waals surface area (Å²) in [6, 6.07) is 8.07. The molecular weight excluding hydrogens is 328 g/mol. The van der Waals surface area contributed by atoms with E-state index in [0.29, 0.717) is 30.0 Å². The van der Waals surface area contributed by atoms with E-state index >= 15 is 0 Å². The largest absolute Gasteiger partial charge is 0.355 e. The average Bonchev–Trinajstić information content (AvgIpc) is 3.23. The Labute approximate surface area is 153 Å². The Morgan fingerprint density at radius 3 is 2.58 bits per heavy atom. The first-order valence-corrected chi connectivity index (χ1v) is 8.69. The maximum absolute atomic E-state index is 12.6. The van der Waals surface area contributed by atoms with Gasteiger partial charge in [-0.25, -0.2) is 4.98 Å². The number of H-pyrrole nitrogens is 1. The second-order valence-corrected chi connectivity index (χ2v) is 7.38. The third-order valence-electron chi connectivity index (χ3n) is 4.34. The number of benzene rings is 1. The molecule has 3 rings (SSSR count). The van der Waals surface area contributed by atoms with Crippen molar-refractivity contribution in [1.82, 2.24) is 20.4 Å². The smallest absolute Gasteiger partial charge is 0.257 e. The number of nitrogens with one attached hydrogen (secondary N) is 2. The Balaban J connectivity index is 1.76. The van der Waals surface area contributed by atoms with Gasteiger partial charge in [0.1, 0.15) is 5.56 Å². The molecule has 0 bridgehead atoms. The SMILES string of the molecule is Cc1noc(-c2ccc(C(C)(C)C)cc2)c1C(=O)NCCc1cnc[nH]1. The Bertz CT molecular complexity index is 872. The molecule has 1 amide bonds. The molecule has 0 spiro atoms. The molecule has 6 nitrogen and oxygen atoms in total. The first kappa shape index (κ1) is 17.9. The van der Waals surface area contributed by atoms with E-state index in [9.17, 15) is 4.79 Å². The molecule has 1 aromatic carbocycles. The van der Waals surface area contributed by atoms with Gasteiger partial charge in [0, 0.05) is 30.4 Å². The second kappa shape index (κ2) is 7.15. The van der Waals surface area contributed by atoms with Crippen molar-refractivity contribution in [3.8, 4) is 11.3 Å². The van der Waals surface area contributed by atoms with Crippen molar-refractivity contribution in [1.29, 1.82) is 0 Å². The van der Waals surface area contributed by atoms with Gasteiger partial charge in [-0.2, -0.15) is 0 Å². The monoisotopic (exact) mass is 352 g/mol. The number of hydrogen-bond acceptors (Lipinski definition) is 4. The summed E-state index contributed by atoms with van der Waals surface area (Å²) in [6.45, 7) is 8.78. The van der Waals surface area contributed by atoms with Crippen molar-refractivity contribution < 1.29 is 9.32 Å². The molecular formula is C20H24N4O2. The molecule has 0 unspecified atom stereocenters. The Kier molecular flexibility index (Phi) is 4.93. The highest BCUT2D eigenvalue weighted by Gasteiger charge is 2.22. The van der Waals surface area contributed by atoms with E-state index in [4.69, 9.17) is 4.52 Å². The quantitative estimate of drug-likeness (QED) is 0.734. The van der Waals surface area contributed by atoms with Crippen molar-refractivity contribution in [3.05, 3.63) is 59.3 Å². The first-order valence-electron chi connectivity index (χ1n) is 8.69. The zero-order valence-electron chi connectivity index (χ0n) is 15.6. The lowest BCUT2D eigenvalue weighted by molar-refractivity contribution is 0.0954. The van der Waals surface area contributed by atoms with Crippen molar-refractivity contribution in [2.45, 2.75) is 39.5 Å². The molecule has 0 saturated heterocycles. The van der Waals surface area contributed by atoms with Crippen LogP contribution in [0.2, 0.25) is 0 Å². The van der Waals surface area contributed by atoms with Crippen LogP contribution in [0.4, 0.5) is 0 Å². The number of aromatic nitrogens is 3. The van der Waals surface area contributed by atoms with Crippen molar-refractivity contribution in [2.75, 3.05) is 6.54 Å². The normalized spacial score (nSPS) is 11.5. The topological polar surface area (TPSA) is 83.8 Å². The summed E-state index contributed by atoms with van der Waals surface area (Å²) < 4.78 is 5.45. The highest BCUT2D eigenvalue weighted by molar-refractivity contribution is 6.00. The predicted molar refractivity (Wildman–Crippen MR) is 100 cm³/mol. The van der Waals surface area contributed by atoms with Gasteiger partial charge < -0.3 is 14.8 Å². The van der Waals surface area contributed by atoms with Crippen LogP contribution in [0, 0.1) is 6.92 Å². The summed E-state index contributed by atoms with van der Waals surface area (Å²) in [5, 5.41) is 6.91. The van der Waals surface area contributed by atoms with Crippen molar-refractivity contribution in [2.24, 2.45) is 0 Å². The predicted octanol–water partition coefficient (Wildman–Crippen LogP) is 3.64. The van der Waals surface area contributed by atoms with E-state index < -0.39 is 0 Å². The second-order valence-electron chi connectivity index (χ2n) is 7.38. The van der Waals surface area contributed by atoms with E-state index in [0.717, 1.165) is 11.3 Å². The van der Waals surface area contributed by atoms with Crippen LogP contribution >= 0.6 is 0 Å². The molecule has 136 valence electrons. The Morgan fingerprint density at radius 2 is 1.96 bits per heavy atom. The number of hydrogen-bond donors (Lipinski definition) is 2. The molecule has 0 atom stereocenters. The van der Waals surface area contributed by atoms with Crippen LogP contribution < -0.4 is 5.32 Å². The summed E-state index contributed by atoms with van der Waals surface area (Å²) in [4.78, 5) is 19.6. The van der Waals surface area contributed by atoms with Crippen LogP contribution in [0.25, 0.3) is 11.3 Å². The molecule has 0 aliphatic carbocycles. The summed E-state index contributed by atoms with van der Waals surface area (Å²) in [5.74, 6) is 0.320. The maximum atomic E-state index is 12.6. The number of aromatic amines is 1. The molecule has 2 N–H and O–H groups in total. The van der Waals surface area contributed by atoms with Gasteiger partial charge in [-0.3, -0.25) is 4.79 Å². The molecule has 3 aromatic rings. The fraction of sp³-hybridized carbons (Fsp3) is 0.350. The molecule has 0 radical (unpaired) electrons. The van der Waals surface area contributed by atoms with Crippen LogP contribution in [0.1, 0.15) is 48.1 Å². The first-order chi connectivity index (χ1) is 12.4. The maximum Gasteiger partial charge on any atom is 0.257 e. The van der Waals surface area contributed by atoms with Crippen molar-refractivity contribution >= 4 is 5.91 Å². The van der Waals surface area contributed by atoms with Gasteiger partial charge in [-0.15, -0.1) is 0 Å². The summed E-state index contributed by atoms with van der Waals surface area (Å²) in [6.07, 6.45) is 4.06. The molecule has 0 fully saturated rings. The van der Waals surface area contributed by atoms with Crippen LogP contribution in [0.15, 0.2) is 41.3 Å². The molecule has 0 aliphatic rings. The van der Waals surface area contributed by atoms with E-state index in [1.165, 1.54) is 5.56 Å². The number of carbonyl (C=O) groups excluding carboxylic acids is 1. The molecule has 26 heavy (non-hydrogen) atoms. The molecule has 0 aliphatic heterocycles. The number of amides is 1. The molecule has 2 aromatic heterocycles. The number of nitrogens with zero attached hydrogens (tertiary/aromatic N) is 2. The number of imidazole rings is 1. The van der Waals surface area contributed by atoms with Gasteiger partial charge in [-0.05, 0) is 17.9 Å². The number of rotatable bonds is 5. The zero-order valence-corrected chi connectivity index (χ0v) is 15.6. The lowest BCUT2D eigenvalue weighted by Crippen LogP contribution is -2.26. The van der Waals surface area contributed by atoms with E-state index in [1.54, 1.807) is 19.4 Å². The number of carbonyl (C=O) groups is 1. The summed E-state index contributed by atoms with van der Waals surface area (Å²) in [5.41, 5.74) is 4.19. The highest BCUT2D eigenvalue weighted by atomic mass is 16.5. The fourth-order valence-electron chi connectivity index (χ4n) is 2.78. The third kappa shape index (κ3) is 3.85. The van der Waals surface area contributed by atoms with Crippen LogP contribution in [-0.4, -0.2) is 27.6 Å².